The van der Waals surface area contributed by atoms with Gasteiger partial charge in [0.15, 0.2) is 5.54 Å². The topological polar surface area (TPSA) is 84.7 Å². The predicted molar refractivity (Wildman–Crippen MR) is 133 cm³/mol. The Labute approximate surface area is 206 Å². The molecule has 1 N–H and O–H groups in total. The van der Waals surface area contributed by atoms with Gasteiger partial charge in [0.1, 0.15) is 12.4 Å². The Balaban J connectivity index is 1.46. The van der Waals surface area contributed by atoms with Crippen LogP contribution < -0.4 is 10.1 Å². The minimum Gasteiger partial charge on any atom is -0.488 e. The van der Waals surface area contributed by atoms with Gasteiger partial charge in [-0.05, 0) is 59.2 Å². The number of amides is 1. The number of fused-ring (bicyclic) bond motifs is 2. The molecule has 1 amide bonds. The number of para-hydroxylation sites is 1. The number of nitro groups is 1. The first-order valence-corrected chi connectivity index (χ1v) is 11.8. The number of likely N-dealkylation sites (N-methyl/N-ethyl adjacent to an activating group) is 1. The van der Waals surface area contributed by atoms with E-state index in [1.807, 2.05) is 66.4 Å². The quantitative estimate of drug-likeness (QED) is 0.382. The smallest absolute Gasteiger partial charge is 0.256 e. The maximum absolute atomic E-state index is 13.2. The minimum absolute atomic E-state index is 0.300. The lowest BCUT2D eigenvalue weighted by Gasteiger charge is -2.30. The number of carbonyl (C=O) groups excluding carboxylic acids is 1. The van der Waals surface area contributed by atoms with Gasteiger partial charge >= 0.3 is 0 Å². The first-order chi connectivity index (χ1) is 16.3. The molecule has 8 heteroatoms. The van der Waals surface area contributed by atoms with Crippen LogP contribution in [-0.4, -0.2) is 35.4 Å². The van der Waals surface area contributed by atoms with Gasteiger partial charge in [-0.25, -0.2) is 0 Å². The monoisotopic (exact) mass is 521 g/mol. The highest BCUT2D eigenvalue weighted by molar-refractivity contribution is 9.10. The van der Waals surface area contributed by atoms with E-state index in [0.717, 1.165) is 15.6 Å². The SMILES string of the molecule is Cc1ccc(COc2ccc([C@@H]3CN(C)[C@@]4(C(=O)Nc5ccccc54)[C@@H]3[N+](=O)[O-])cc2Br)cc1. The lowest BCUT2D eigenvalue weighted by molar-refractivity contribution is -0.534. The number of hydrogen-bond acceptors (Lipinski definition) is 5. The van der Waals surface area contributed by atoms with Crippen molar-refractivity contribution < 1.29 is 14.5 Å². The number of ether oxygens (including phenoxy) is 1. The van der Waals surface area contributed by atoms with E-state index in [0.29, 0.717) is 30.2 Å². The summed E-state index contributed by atoms with van der Waals surface area (Å²) in [6, 6.07) is 19.8. The molecule has 0 bridgehead atoms. The number of anilines is 1. The standard InChI is InChI=1S/C26H24BrN3O4/c1-16-7-9-17(10-8-16)15-34-23-12-11-18(13-21(23)27)19-14-29(2)26(24(19)30(32)33)20-5-3-4-6-22(20)28-25(26)31/h3-13,19,24H,14-15H2,1-2H3,(H,28,31)/t19-,24+,26+/m0/s1. The maximum atomic E-state index is 13.2. The number of aryl methyl sites for hydroxylation is 1. The highest BCUT2D eigenvalue weighted by atomic mass is 79.9. The largest absolute Gasteiger partial charge is 0.488 e. The normalized spacial score (nSPS) is 23.7. The third-order valence-corrected chi connectivity index (χ3v) is 7.56. The van der Waals surface area contributed by atoms with Crippen LogP contribution in [-0.2, 0) is 16.9 Å². The number of rotatable bonds is 5. The molecule has 3 aromatic rings. The first-order valence-electron chi connectivity index (χ1n) is 11.1. The molecule has 7 nitrogen and oxygen atoms in total. The summed E-state index contributed by atoms with van der Waals surface area (Å²) < 4.78 is 6.70. The second-order valence-corrected chi connectivity index (χ2v) is 9.80. The molecular weight excluding hydrogens is 498 g/mol. The molecule has 174 valence electrons. The predicted octanol–water partition coefficient (Wildman–Crippen LogP) is 4.86. The molecule has 3 aromatic carbocycles. The van der Waals surface area contributed by atoms with Gasteiger partial charge in [0.05, 0.1) is 10.4 Å². The molecule has 1 fully saturated rings. The number of carbonyl (C=O) groups is 1. The van der Waals surface area contributed by atoms with Gasteiger partial charge in [-0.3, -0.25) is 19.8 Å². The van der Waals surface area contributed by atoms with Crippen LogP contribution in [0.3, 0.4) is 0 Å². The van der Waals surface area contributed by atoms with Gasteiger partial charge in [-0.1, -0.05) is 54.1 Å². The van der Waals surface area contributed by atoms with E-state index in [1.165, 1.54) is 5.56 Å². The van der Waals surface area contributed by atoms with Crippen LogP contribution in [0.25, 0.3) is 0 Å². The first kappa shape index (κ1) is 22.6. The number of hydrogen-bond donors (Lipinski definition) is 1. The van der Waals surface area contributed by atoms with Crippen LogP contribution in [0.4, 0.5) is 5.69 Å². The fourth-order valence-corrected chi connectivity index (χ4v) is 5.80. The fourth-order valence-electron chi connectivity index (χ4n) is 5.29. The van der Waals surface area contributed by atoms with E-state index in [1.54, 1.807) is 19.2 Å². The molecule has 0 saturated carbocycles. The lowest BCUT2D eigenvalue weighted by Crippen LogP contribution is -2.54. The molecule has 5 rings (SSSR count). The van der Waals surface area contributed by atoms with Crippen molar-refractivity contribution in [1.29, 1.82) is 0 Å². The Bertz CT molecular complexity index is 1280. The van der Waals surface area contributed by atoms with Gasteiger partial charge in [-0.2, -0.15) is 0 Å². The fraction of sp³-hybridized carbons (Fsp3) is 0.269. The Morgan fingerprint density at radius 2 is 1.91 bits per heavy atom. The molecule has 0 aliphatic carbocycles. The summed E-state index contributed by atoms with van der Waals surface area (Å²) in [5, 5.41) is 15.3. The molecule has 1 saturated heterocycles. The average Bonchev–Trinajstić information content (AvgIpc) is 3.29. The third kappa shape index (κ3) is 3.49. The Kier molecular flexibility index (Phi) is 5.65. The number of nitrogens with one attached hydrogen (secondary N) is 1. The zero-order chi connectivity index (χ0) is 24.0. The van der Waals surface area contributed by atoms with E-state index in [2.05, 4.69) is 21.2 Å². The van der Waals surface area contributed by atoms with E-state index in [9.17, 15) is 14.9 Å². The van der Waals surface area contributed by atoms with Crippen LogP contribution >= 0.6 is 15.9 Å². The maximum Gasteiger partial charge on any atom is 0.256 e. The summed E-state index contributed by atoms with van der Waals surface area (Å²) in [4.78, 5) is 27.2. The highest BCUT2D eigenvalue weighted by Gasteiger charge is 2.68. The van der Waals surface area contributed by atoms with Crippen molar-refractivity contribution in [2.45, 2.75) is 31.0 Å². The Morgan fingerprint density at radius 1 is 1.18 bits per heavy atom. The Morgan fingerprint density at radius 3 is 2.62 bits per heavy atom. The summed E-state index contributed by atoms with van der Waals surface area (Å²) >= 11 is 3.58. The van der Waals surface area contributed by atoms with Gasteiger partial charge in [0.25, 0.3) is 11.9 Å². The van der Waals surface area contributed by atoms with Crippen LogP contribution in [0.1, 0.15) is 28.2 Å². The lowest BCUT2D eigenvalue weighted by atomic mass is 9.79. The molecule has 0 radical (unpaired) electrons. The van der Waals surface area contributed by atoms with E-state index >= 15 is 0 Å². The second-order valence-electron chi connectivity index (χ2n) is 8.95. The van der Waals surface area contributed by atoms with Crippen LogP contribution in [0, 0.1) is 17.0 Å². The van der Waals surface area contributed by atoms with Crippen molar-refractivity contribution in [1.82, 2.24) is 4.90 Å². The van der Waals surface area contributed by atoms with E-state index < -0.39 is 17.5 Å². The molecule has 0 aromatic heterocycles. The van der Waals surface area contributed by atoms with Crippen molar-refractivity contribution in [2.75, 3.05) is 18.9 Å². The number of likely N-dealkylation sites (tertiary alicyclic amines) is 1. The Hall–Kier alpha value is -3.23. The van der Waals surface area contributed by atoms with Crippen molar-refractivity contribution in [3.05, 3.63) is 104 Å². The van der Waals surface area contributed by atoms with Crippen molar-refractivity contribution >= 4 is 27.5 Å². The van der Waals surface area contributed by atoms with Crippen LogP contribution in [0.5, 0.6) is 5.75 Å². The number of benzene rings is 3. The average molecular weight is 522 g/mol. The zero-order valence-electron chi connectivity index (χ0n) is 18.8. The summed E-state index contributed by atoms with van der Waals surface area (Å²) in [7, 11) is 1.78. The summed E-state index contributed by atoms with van der Waals surface area (Å²) in [5.74, 6) is -0.163. The second kappa shape index (κ2) is 8.52. The van der Waals surface area contributed by atoms with E-state index in [4.69, 9.17) is 4.74 Å². The molecule has 1 spiro atoms. The van der Waals surface area contributed by atoms with Crippen molar-refractivity contribution in [2.24, 2.45) is 0 Å². The number of nitrogens with zero attached hydrogens (tertiary/aromatic N) is 2. The van der Waals surface area contributed by atoms with Gasteiger partial charge in [0, 0.05) is 22.7 Å². The molecule has 34 heavy (non-hydrogen) atoms. The van der Waals surface area contributed by atoms with Crippen LogP contribution in [0.2, 0.25) is 0 Å². The minimum atomic E-state index is -1.35. The molecule has 2 heterocycles. The van der Waals surface area contributed by atoms with Gasteiger partial charge in [0.2, 0.25) is 0 Å². The van der Waals surface area contributed by atoms with Crippen LogP contribution in [0.15, 0.2) is 71.2 Å². The summed E-state index contributed by atoms with van der Waals surface area (Å²) in [6.45, 7) is 2.84. The molecule has 0 unspecified atom stereocenters. The summed E-state index contributed by atoms with van der Waals surface area (Å²) in [5.41, 5.74) is 2.97. The molecule has 3 atom stereocenters. The van der Waals surface area contributed by atoms with Gasteiger partial charge < -0.3 is 10.1 Å². The molecule has 2 aliphatic heterocycles. The third-order valence-electron chi connectivity index (χ3n) is 6.94. The van der Waals surface area contributed by atoms with Crippen molar-refractivity contribution in [3.63, 3.8) is 0 Å². The summed E-state index contributed by atoms with van der Waals surface area (Å²) in [6.07, 6.45) is 0. The zero-order valence-corrected chi connectivity index (χ0v) is 20.4. The highest BCUT2D eigenvalue weighted by Crippen LogP contribution is 2.52. The van der Waals surface area contributed by atoms with Crippen molar-refractivity contribution in [3.8, 4) is 5.75 Å². The van der Waals surface area contributed by atoms with E-state index in [-0.39, 0.29) is 10.8 Å². The molecule has 2 aliphatic rings. The van der Waals surface area contributed by atoms with Gasteiger partial charge in [-0.15, -0.1) is 0 Å². The molecular formula is C26H24BrN3O4. The number of halogens is 1.